The molecule has 6 heteroatoms. The highest BCUT2D eigenvalue weighted by Crippen LogP contribution is 2.26. The molecule has 0 bridgehead atoms. The first kappa shape index (κ1) is 23.0. The van der Waals surface area contributed by atoms with Crippen molar-refractivity contribution < 1.29 is 4.74 Å². The molecule has 1 aliphatic heterocycles. The highest BCUT2D eigenvalue weighted by atomic mass is 32.2. The molecule has 3 N–H and O–H groups in total. The molecule has 1 fully saturated rings. The van der Waals surface area contributed by atoms with Gasteiger partial charge in [-0.3, -0.25) is 4.99 Å². The maximum absolute atomic E-state index is 5.65. The second kappa shape index (κ2) is 13.1. The first-order chi connectivity index (χ1) is 13.7. The molecular weight excluding hydrogens is 368 g/mol. The number of guanidine groups is 1. The van der Waals surface area contributed by atoms with Gasteiger partial charge in [-0.2, -0.15) is 11.8 Å². The van der Waals surface area contributed by atoms with Gasteiger partial charge in [0.05, 0.1) is 6.54 Å². The largest absolute Gasteiger partial charge is 0.381 e. The average molecular weight is 407 g/mol. The van der Waals surface area contributed by atoms with Crippen LogP contribution in [0.5, 0.6) is 0 Å². The Kier molecular flexibility index (Phi) is 10.8. The Bertz CT molecular complexity index is 561. The Labute approximate surface area is 175 Å². The summed E-state index contributed by atoms with van der Waals surface area (Å²) in [5.74, 6) is 2.14. The summed E-state index contributed by atoms with van der Waals surface area (Å²) < 4.78 is 5.65. The number of rotatable bonds is 11. The van der Waals surface area contributed by atoms with Gasteiger partial charge in [0.25, 0.3) is 0 Å². The number of thioether (sulfide) groups is 1. The average Bonchev–Trinajstić information content (AvgIpc) is 2.73. The maximum Gasteiger partial charge on any atom is 0.191 e. The van der Waals surface area contributed by atoms with Crippen LogP contribution in [0.2, 0.25) is 0 Å². The number of aliphatic imine (C=N–C) groups is 1. The molecule has 1 aliphatic rings. The minimum Gasteiger partial charge on any atom is -0.381 e. The van der Waals surface area contributed by atoms with Crippen LogP contribution in [-0.4, -0.2) is 56.4 Å². The third-order valence-electron chi connectivity index (χ3n) is 5.22. The molecular formula is C22H38N4OS. The molecule has 1 saturated heterocycles. The van der Waals surface area contributed by atoms with Gasteiger partial charge >= 0.3 is 0 Å². The quantitative estimate of drug-likeness (QED) is 0.298. The van der Waals surface area contributed by atoms with Crippen LogP contribution < -0.4 is 16.0 Å². The second-order valence-corrected chi connectivity index (χ2v) is 8.48. The van der Waals surface area contributed by atoms with Crippen LogP contribution in [0.4, 0.5) is 0 Å². The van der Waals surface area contributed by atoms with Crippen molar-refractivity contribution in [3.8, 4) is 0 Å². The fourth-order valence-electron chi connectivity index (χ4n) is 3.54. The summed E-state index contributed by atoms with van der Waals surface area (Å²) in [7, 11) is 0. The molecule has 158 valence electrons. The summed E-state index contributed by atoms with van der Waals surface area (Å²) in [6, 6.07) is 10.9. The van der Waals surface area contributed by atoms with Crippen LogP contribution >= 0.6 is 11.8 Å². The van der Waals surface area contributed by atoms with Crippen LogP contribution in [0.25, 0.3) is 0 Å². The smallest absolute Gasteiger partial charge is 0.191 e. The number of unbranched alkanes of at least 4 members (excludes halogenated alkanes) is 1. The molecule has 0 radical (unpaired) electrons. The molecule has 28 heavy (non-hydrogen) atoms. The van der Waals surface area contributed by atoms with Crippen molar-refractivity contribution in [2.24, 2.45) is 4.99 Å². The van der Waals surface area contributed by atoms with Crippen molar-refractivity contribution in [2.45, 2.75) is 51.1 Å². The van der Waals surface area contributed by atoms with Crippen LogP contribution in [0.3, 0.4) is 0 Å². The first-order valence-corrected chi connectivity index (χ1v) is 12.0. The zero-order valence-electron chi connectivity index (χ0n) is 17.8. The van der Waals surface area contributed by atoms with Crippen LogP contribution in [0, 0.1) is 0 Å². The molecule has 0 amide bonds. The number of nitrogens with one attached hydrogen (secondary N) is 3. The van der Waals surface area contributed by atoms with E-state index in [2.05, 4.69) is 66.4 Å². The summed E-state index contributed by atoms with van der Waals surface area (Å²) in [5.41, 5.74) is 1.30. The summed E-state index contributed by atoms with van der Waals surface area (Å²) >= 11 is 1.91. The van der Waals surface area contributed by atoms with Crippen LogP contribution in [0.15, 0.2) is 35.3 Å². The normalized spacial score (nSPS) is 17.9. The highest BCUT2D eigenvalue weighted by Gasteiger charge is 2.34. The Morgan fingerprint density at radius 1 is 1.18 bits per heavy atom. The minimum absolute atomic E-state index is 0.0191. The molecule has 2 rings (SSSR count). The number of hydrogen-bond donors (Lipinski definition) is 3. The standard InChI is InChI=1S/C22H38N4OS/c1-4-23-21(24-14-8-9-17-28-3)25-18-22(12-15-27-16-13-22)26-19(2)20-10-6-5-7-11-20/h5-7,10-11,19,26H,4,8-9,12-18H2,1-3H3,(H2,23,24,25). The summed E-state index contributed by atoms with van der Waals surface area (Å²) in [5, 5.41) is 10.8. The lowest BCUT2D eigenvalue weighted by atomic mass is 9.88. The minimum atomic E-state index is -0.0191. The number of nitrogens with zero attached hydrogens (tertiary/aromatic N) is 1. The van der Waals surface area contributed by atoms with Gasteiger partial charge < -0.3 is 20.7 Å². The van der Waals surface area contributed by atoms with Crippen molar-refractivity contribution in [1.29, 1.82) is 0 Å². The molecule has 0 aromatic heterocycles. The third-order valence-corrected chi connectivity index (χ3v) is 5.92. The van der Waals surface area contributed by atoms with Crippen molar-refractivity contribution >= 4 is 17.7 Å². The lowest BCUT2D eigenvalue weighted by molar-refractivity contribution is 0.0374. The molecule has 1 aromatic rings. The SMILES string of the molecule is CCNC(=NCC1(NC(C)c2ccccc2)CCOCC1)NCCCCSC. The van der Waals surface area contributed by atoms with Crippen LogP contribution in [-0.2, 0) is 4.74 Å². The second-order valence-electron chi connectivity index (χ2n) is 7.49. The molecule has 0 saturated carbocycles. The highest BCUT2D eigenvalue weighted by molar-refractivity contribution is 7.98. The fraction of sp³-hybridized carbons (Fsp3) is 0.682. The van der Waals surface area contributed by atoms with Gasteiger partial charge in [-0.25, -0.2) is 0 Å². The van der Waals surface area contributed by atoms with E-state index in [0.29, 0.717) is 0 Å². The number of benzene rings is 1. The van der Waals surface area contributed by atoms with E-state index < -0.39 is 0 Å². The van der Waals surface area contributed by atoms with E-state index in [4.69, 9.17) is 9.73 Å². The Hall–Kier alpha value is -1.24. The van der Waals surface area contributed by atoms with Gasteiger partial charge in [-0.05, 0) is 57.1 Å². The van der Waals surface area contributed by atoms with Crippen LogP contribution in [0.1, 0.15) is 51.1 Å². The van der Waals surface area contributed by atoms with E-state index in [-0.39, 0.29) is 11.6 Å². The van der Waals surface area contributed by atoms with E-state index in [9.17, 15) is 0 Å². The predicted molar refractivity (Wildman–Crippen MR) is 122 cm³/mol. The third kappa shape index (κ3) is 8.02. The number of hydrogen-bond acceptors (Lipinski definition) is 4. The molecule has 5 nitrogen and oxygen atoms in total. The Morgan fingerprint density at radius 2 is 1.93 bits per heavy atom. The first-order valence-electron chi connectivity index (χ1n) is 10.6. The van der Waals surface area contributed by atoms with Gasteiger partial charge in [-0.1, -0.05) is 30.3 Å². The topological polar surface area (TPSA) is 57.7 Å². The molecule has 0 spiro atoms. The van der Waals surface area contributed by atoms with Gasteiger partial charge in [0.1, 0.15) is 0 Å². The van der Waals surface area contributed by atoms with E-state index in [1.54, 1.807) is 0 Å². The van der Waals surface area contributed by atoms with Crippen molar-refractivity contribution in [3.05, 3.63) is 35.9 Å². The molecule has 1 atom stereocenters. The summed E-state index contributed by atoms with van der Waals surface area (Å²) in [6.07, 6.45) is 6.55. The summed E-state index contributed by atoms with van der Waals surface area (Å²) in [4.78, 5) is 4.94. The molecule has 1 unspecified atom stereocenters. The lowest BCUT2D eigenvalue weighted by Gasteiger charge is -2.39. The van der Waals surface area contributed by atoms with E-state index in [1.807, 2.05) is 11.8 Å². The molecule has 1 heterocycles. The lowest BCUT2D eigenvalue weighted by Crippen LogP contribution is -2.53. The maximum atomic E-state index is 5.65. The predicted octanol–water partition coefficient (Wildman–Crippen LogP) is 3.58. The van der Waals surface area contributed by atoms with Crippen molar-refractivity contribution in [1.82, 2.24) is 16.0 Å². The Balaban J connectivity index is 1.98. The van der Waals surface area contributed by atoms with E-state index in [1.165, 1.54) is 24.2 Å². The van der Waals surface area contributed by atoms with E-state index in [0.717, 1.165) is 51.6 Å². The summed E-state index contributed by atoms with van der Waals surface area (Å²) in [6.45, 7) is 8.55. The van der Waals surface area contributed by atoms with Gasteiger partial charge in [0.15, 0.2) is 5.96 Å². The van der Waals surface area contributed by atoms with Crippen molar-refractivity contribution in [2.75, 3.05) is 44.9 Å². The zero-order chi connectivity index (χ0) is 20.1. The monoisotopic (exact) mass is 406 g/mol. The van der Waals surface area contributed by atoms with E-state index >= 15 is 0 Å². The Morgan fingerprint density at radius 3 is 2.61 bits per heavy atom. The molecule has 0 aliphatic carbocycles. The fourth-order valence-corrected chi connectivity index (χ4v) is 4.04. The molecule has 1 aromatic carbocycles. The van der Waals surface area contributed by atoms with Gasteiger partial charge in [-0.15, -0.1) is 0 Å². The number of ether oxygens (including phenoxy) is 1. The zero-order valence-corrected chi connectivity index (χ0v) is 18.6. The van der Waals surface area contributed by atoms with Crippen molar-refractivity contribution in [3.63, 3.8) is 0 Å². The van der Waals surface area contributed by atoms with Gasteiger partial charge in [0, 0.05) is 37.9 Å². The van der Waals surface area contributed by atoms with Gasteiger partial charge in [0.2, 0.25) is 0 Å².